The Balaban J connectivity index is 1.92. The molecule has 2 rings (SSSR count). The molecule has 1 fully saturated rings. The lowest BCUT2D eigenvalue weighted by atomic mass is 9.98. The van der Waals surface area contributed by atoms with Gasteiger partial charge < -0.3 is 4.74 Å². The molecule has 0 bridgehead atoms. The highest BCUT2D eigenvalue weighted by atomic mass is 16.5. The van der Waals surface area contributed by atoms with Crippen LogP contribution in [0.15, 0.2) is 24.4 Å². The smallest absolute Gasteiger partial charge is 0.309 e. The largest absolute Gasteiger partial charge is 0.469 e. The van der Waals surface area contributed by atoms with Crippen LogP contribution in [0.2, 0.25) is 0 Å². The summed E-state index contributed by atoms with van der Waals surface area (Å²) in [5.74, 6) is -0.0619. The van der Waals surface area contributed by atoms with Gasteiger partial charge in [-0.05, 0) is 31.5 Å². The lowest BCUT2D eigenvalue weighted by Gasteiger charge is -2.30. The number of carbonyl (C=O) groups is 1. The standard InChI is InChI=1S/C13H18N2O2/c1-17-13(16)11-5-4-8-15(9-11)10-12-6-2-3-7-14-12/h2-3,6-7,11H,4-5,8-10H2,1H3/t11-/m0/s1. The molecule has 2 heterocycles. The number of ether oxygens (including phenoxy) is 1. The Morgan fingerprint density at radius 2 is 2.47 bits per heavy atom. The second-order valence-electron chi connectivity index (χ2n) is 4.42. The van der Waals surface area contributed by atoms with E-state index in [0.717, 1.165) is 38.2 Å². The molecule has 0 N–H and O–H groups in total. The second kappa shape index (κ2) is 5.77. The lowest BCUT2D eigenvalue weighted by Crippen LogP contribution is -2.38. The molecule has 4 nitrogen and oxygen atoms in total. The lowest BCUT2D eigenvalue weighted by molar-refractivity contribution is -0.147. The van der Waals surface area contributed by atoms with Gasteiger partial charge in [-0.3, -0.25) is 14.7 Å². The van der Waals surface area contributed by atoms with E-state index in [2.05, 4.69) is 9.88 Å². The molecule has 0 aliphatic carbocycles. The van der Waals surface area contributed by atoms with Crippen LogP contribution in [0.5, 0.6) is 0 Å². The SMILES string of the molecule is COC(=O)[C@H]1CCCN(Cc2ccccn2)C1. The number of esters is 1. The first-order valence-electron chi connectivity index (χ1n) is 5.99. The highest BCUT2D eigenvalue weighted by molar-refractivity contribution is 5.72. The van der Waals surface area contributed by atoms with E-state index >= 15 is 0 Å². The zero-order valence-corrected chi connectivity index (χ0v) is 10.1. The average molecular weight is 234 g/mol. The average Bonchev–Trinajstić information content (AvgIpc) is 2.39. The van der Waals surface area contributed by atoms with E-state index in [1.807, 2.05) is 18.2 Å². The van der Waals surface area contributed by atoms with Gasteiger partial charge >= 0.3 is 5.97 Å². The molecule has 1 aromatic heterocycles. The number of rotatable bonds is 3. The van der Waals surface area contributed by atoms with Crippen molar-refractivity contribution >= 4 is 5.97 Å². The maximum Gasteiger partial charge on any atom is 0.309 e. The number of aromatic nitrogens is 1. The molecule has 0 radical (unpaired) electrons. The maximum atomic E-state index is 11.5. The van der Waals surface area contributed by atoms with Crippen molar-refractivity contribution in [2.45, 2.75) is 19.4 Å². The topological polar surface area (TPSA) is 42.4 Å². The zero-order chi connectivity index (χ0) is 12.1. The van der Waals surface area contributed by atoms with Crippen molar-refractivity contribution in [3.05, 3.63) is 30.1 Å². The van der Waals surface area contributed by atoms with Gasteiger partial charge in [0.1, 0.15) is 0 Å². The minimum absolute atomic E-state index is 0.0254. The maximum absolute atomic E-state index is 11.5. The predicted molar refractivity (Wildman–Crippen MR) is 64.3 cm³/mol. The summed E-state index contributed by atoms with van der Waals surface area (Å²) in [5.41, 5.74) is 1.05. The summed E-state index contributed by atoms with van der Waals surface area (Å²) < 4.78 is 4.81. The predicted octanol–water partition coefficient (Wildman–Crippen LogP) is 1.47. The number of nitrogens with zero attached hydrogens (tertiary/aromatic N) is 2. The zero-order valence-electron chi connectivity index (χ0n) is 10.1. The molecule has 1 aromatic rings. The fraction of sp³-hybridized carbons (Fsp3) is 0.538. The first-order chi connectivity index (χ1) is 8.29. The van der Waals surface area contributed by atoms with Crippen molar-refractivity contribution < 1.29 is 9.53 Å². The van der Waals surface area contributed by atoms with Gasteiger partial charge in [0, 0.05) is 19.3 Å². The van der Waals surface area contributed by atoms with Gasteiger partial charge in [-0.1, -0.05) is 6.07 Å². The summed E-state index contributed by atoms with van der Waals surface area (Å²) in [5, 5.41) is 0. The molecule has 0 saturated carbocycles. The van der Waals surface area contributed by atoms with Crippen LogP contribution in [-0.2, 0) is 16.1 Å². The van der Waals surface area contributed by atoms with E-state index in [1.54, 1.807) is 6.20 Å². The Bertz CT molecular complexity index is 367. The fourth-order valence-corrected chi connectivity index (χ4v) is 2.28. The Kier molecular flexibility index (Phi) is 4.09. The molecule has 4 heteroatoms. The molecular formula is C13H18N2O2. The summed E-state index contributed by atoms with van der Waals surface area (Å²) in [6, 6.07) is 5.92. The number of hydrogen-bond acceptors (Lipinski definition) is 4. The summed E-state index contributed by atoms with van der Waals surface area (Å²) >= 11 is 0. The molecule has 92 valence electrons. The van der Waals surface area contributed by atoms with Crippen molar-refractivity contribution in [3.63, 3.8) is 0 Å². The summed E-state index contributed by atoms with van der Waals surface area (Å²) in [6.45, 7) is 2.63. The quantitative estimate of drug-likeness (QED) is 0.743. The van der Waals surface area contributed by atoms with E-state index in [9.17, 15) is 4.79 Å². The third kappa shape index (κ3) is 3.27. The van der Waals surface area contributed by atoms with Gasteiger partial charge in [0.15, 0.2) is 0 Å². The number of pyridine rings is 1. The van der Waals surface area contributed by atoms with Crippen LogP contribution in [0.4, 0.5) is 0 Å². The molecule has 0 aromatic carbocycles. The van der Waals surface area contributed by atoms with E-state index in [-0.39, 0.29) is 11.9 Å². The minimum atomic E-state index is -0.0873. The number of carbonyl (C=O) groups excluding carboxylic acids is 1. The summed E-state index contributed by atoms with van der Waals surface area (Å²) in [4.78, 5) is 18.1. The number of likely N-dealkylation sites (tertiary alicyclic amines) is 1. The highest BCUT2D eigenvalue weighted by Crippen LogP contribution is 2.18. The van der Waals surface area contributed by atoms with E-state index < -0.39 is 0 Å². The fourth-order valence-electron chi connectivity index (χ4n) is 2.28. The third-order valence-electron chi connectivity index (χ3n) is 3.15. The van der Waals surface area contributed by atoms with Gasteiger partial charge in [0.2, 0.25) is 0 Å². The molecule has 1 saturated heterocycles. The van der Waals surface area contributed by atoms with Gasteiger partial charge in [-0.25, -0.2) is 0 Å². The molecular weight excluding hydrogens is 216 g/mol. The molecule has 0 amide bonds. The van der Waals surface area contributed by atoms with Gasteiger partial charge in [-0.2, -0.15) is 0 Å². The molecule has 17 heavy (non-hydrogen) atoms. The first-order valence-corrected chi connectivity index (χ1v) is 5.99. The number of piperidine rings is 1. The van der Waals surface area contributed by atoms with Crippen molar-refractivity contribution in [3.8, 4) is 0 Å². The number of hydrogen-bond donors (Lipinski definition) is 0. The van der Waals surface area contributed by atoms with Crippen molar-refractivity contribution in [1.82, 2.24) is 9.88 Å². The Hall–Kier alpha value is -1.42. The highest BCUT2D eigenvalue weighted by Gasteiger charge is 2.26. The monoisotopic (exact) mass is 234 g/mol. The van der Waals surface area contributed by atoms with Crippen LogP contribution in [0.1, 0.15) is 18.5 Å². The van der Waals surface area contributed by atoms with E-state index in [4.69, 9.17) is 4.74 Å². The van der Waals surface area contributed by atoms with E-state index in [0.29, 0.717) is 0 Å². The normalized spacial score (nSPS) is 21.1. The van der Waals surface area contributed by atoms with Gasteiger partial charge in [0.25, 0.3) is 0 Å². The molecule has 0 spiro atoms. The Morgan fingerprint density at radius 1 is 1.59 bits per heavy atom. The number of methoxy groups -OCH3 is 1. The van der Waals surface area contributed by atoms with Crippen LogP contribution < -0.4 is 0 Å². The van der Waals surface area contributed by atoms with Crippen molar-refractivity contribution in [2.24, 2.45) is 5.92 Å². The van der Waals surface area contributed by atoms with E-state index in [1.165, 1.54) is 7.11 Å². The minimum Gasteiger partial charge on any atom is -0.469 e. The van der Waals surface area contributed by atoms with Crippen molar-refractivity contribution in [1.29, 1.82) is 0 Å². The second-order valence-corrected chi connectivity index (χ2v) is 4.42. The Morgan fingerprint density at radius 3 is 3.18 bits per heavy atom. The van der Waals surface area contributed by atoms with Crippen LogP contribution >= 0.6 is 0 Å². The van der Waals surface area contributed by atoms with Crippen LogP contribution in [0.3, 0.4) is 0 Å². The van der Waals surface area contributed by atoms with Crippen LogP contribution in [-0.4, -0.2) is 36.1 Å². The summed E-state index contributed by atoms with van der Waals surface area (Å²) in [6.07, 6.45) is 3.79. The van der Waals surface area contributed by atoms with Crippen LogP contribution in [0, 0.1) is 5.92 Å². The molecule has 1 atom stereocenters. The molecule has 1 aliphatic heterocycles. The first kappa shape index (κ1) is 12.0. The molecule has 1 aliphatic rings. The van der Waals surface area contributed by atoms with Crippen molar-refractivity contribution in [2.75, 3.05) is 20.2 Å². The molecule has 0 unspecified atom stereocenters. The van der Waals surface area contributed by atoms with Gasteiger partial charge in [0.05, 0.1) is 18.7 Å². The van der Waals surface area contributed by atoms with Gasteiger partial charge in [-0.15, -0.1) is 0 Å². The van der Waals surface area contributed by atoms with Crippen LogP contribution in [0.25, 0.3) is 0 Å². The summed E-state index contributed by atoms with van der Waals surface area (Å²) in [7, 11) is 1.46. The Labute approximate surface area is 102 Å². The third-order valence-corrected chi connectivity index (χ3v) is 3.15.